The summed E-state index contributed by atoms with van der Waals surface area (Å²) in [6.45, 7) is 3.98. The van der Waals surface area contributed by atoms with Crippen molar-refractivity contribution in [2.24, 2.45) is 4.99 Å². The number of hydrogen-bond donors (Lipinski definition) is 2. The summed E-state index contributed by atoms with van der Waals surface area (Å²) in [4.78, 5) is 18.6. The SMILES string of the molecule is O=C(O)C1=C2N=C(N3CCOCC3)C=CN2N(c2cn(C3CCNCC3)nc2C(F)F)C1. The highest BCUT2D eigenvalue weighted by Crippen LogP contribution is 2.38. The van der Waals surface area contributed by atoms with Crippen LogP contribution in [-0.4, -0.2) is 82.5 Å². The average Bonchev–Trinajstić information content (AvgIpc) is 3.42. The van der Waals surface area contributed by atoms with Gasteiger partial charge in [0.2, 0.25) is 0 Å². The second kappa shape index (κ2) is 8.51. The number of alkyl halides is 2. The summed E-state index contributed by atoms with van der Waals surface area (Å²) in [5, 5.41) is 20.3. The lowest BCUT2D eigenvalue weighted by Gasteiger charge is -2.34. The van der Waals surface area contributed by atoms with Crippen LogP contribution in [0.1, 0.15) is 31.0 Å². The van der Waals surface area contributed by atoms with Gasteiger partial charge in [-0.2, -0.15) is 5.10 Å². The van der Waals surface area contributed by atoms with E-state index in [0.717, 1.165) is 25.9 Å². The van der Waals surface area contributed by atoms with Crippen LogP contribution >= 0.6 is 0 Å². The van der Waals surface area contributed by atoms with Crippen LogP contribution in [-0.2, 0) is 9.53 Å². The molecule has 2 saturated heterocycles. The minimum atomic E-state index is -2.79. The molecule has 2 fully saturated rings. The molecular weight excluding hydrogens is 424 g/mol. The number of anilines is 1. The number of amidine groups is 1. The third-order valence-electron chi connectivity index (χ3n) is 6.14. The van der Waals surface area contributed by atoms with E-state index in [-0.39, 0.29) is 35.4 Å². The number of aliphatic imine (C=N–C) groups is 1. The minimum absolute atomic E-state index is 0.0271. The quantitative estimate of drug-likeness (QED) is 0.711. The number of ether oxygens (including phenoxy) is 1. The van der Waals surface area contributed by atoms with Crippen molar-refractivity contribution in [3.8, 4) is 0 Å². The van der Waals surface area contributed by atoms with Gasteiger partial charge in [-0.3, -0.25) is 9.69 Å². The van der Waals surface area contributed by atoms with E-state index in [9.17, 15) is 18.7 Å². The second-order valence-electron chi connectivity index (χ2n) is 8.06. The number of fused-ring (bicyclic) bond motifs is 1. The van der Waals surface area contributed by atoms with E-state index in [2.05, 4.69) is 15.4 Å². The zero-order valence-electron chi connectivity index (χ0n) is 17.5. The molecule has 0 amide bonds. The van der Waals surface area contributed by atoms with Crippen LogP contribution in [0.4, 0.5) is 14.5 Å². The number of rotatable bonds is 4. The molecule has 5 heterocycles. The van der Waals surface area contributed by atoms with Gasteiger partial charge in [0, 0.05) is 19.3 Å². The largest absolute Gasteiger partial charge is 0.478 e. The zero-order valence-corrected chi connectivity index (χ0v) is 17.5. The van der Waals surface area contributed by atoms with Crippen molar-refractivity contribution < 1.29 is 23.4 Å². The van der Waals surface area contributed by atoms with Crippen molar-refractivity contribution in [3.63, 3.8) is 0 Å². The third kappa shape index (κ3) is 3.73. The Morgan fingerprint density at radius 2 is 2.00 bits per heavy atom. The number of carbonyl (C=O) groups is 1. The molecule has 0 atom stereocenters. The molecule has 0 saturated carbocycles. The molecule has 0 bridgehead atoms. The molecule has 12 heteroatoms. The number of morpholine rings is 1. The van der Waals surface area contributed by atoms with Gasteiger partial charge in [-0.05, 0) is 32.0 Å². The first-order chi connectivity index (χ1) is 15.5. The number of hydrazine groups is 1. The Balaban J connectivity index is 1.47. The third-order valence-corrected chi connectivity index (χ3v) is 6.14. The summed E-state index contributed by atoms with van der Waals surface area (Å²) in [7, 11) is 0. The van der Waals surface area contributed by atoms with Crippen molar-refractivity contribution in [1.82, 2.24) is 25.0 Å². The number of nitrogens with zero attached hydrogens (tertiary/aromatic N) is 6. The van der Waals surface area contributed by atoms with Gasteiger partial charge in [0.1, 0.15) is 17.1 Å². The van der Waals surface area contributed by atoms with E-state index in [0.29, 0.717) is 32.1 Å². The van der Waals surface area contributed by atoms with E-state index < -0.39 is 12.4 Å². The number of hydrogen-bond acceptors (Lipinski definition) is 8. The van der Waals surface area contributed by atoms with Crippen molar-refractivity contribution in [1.29, 1.82) is 0 Å². The van der Waals surface area contributed by atoms with Gasteiger partial charge < -0.3 is 20.1 Å². The summed E-state index contributed by atoms with van der Waals surface area (Å²) in [5.74, 6) is -0.256. The number of nitrogens with one attached hydrogen (secondary N) is 1. The number of aromatic nitrogens is 2. The number of carboxylic acid groups (broad SMARTS) is 1. The highest BCUT2D eigenvalue weighted by molar-refractivity contribution is 5.97. The molecule has 4 aliphatic heterocycles. The van der Waals surface area contributed by atoms with Gasteiger partial charge in [-0.25, -0.2) is 23.6 Å². The van der Waals surface area contributed by atoms with Crippen molar-refractivity contribution in [2.75, 3.05) is 50.9 Å². The minimum Gasteiger partial charge on any atom is -0.478 e. The van der Waals surface area contributed by atoms with Crippen LogP contribution in [0.25, 0.3) is 0 Å². The Kier molecular flexibility index (Phi) is 5.55. The Morgan fingerprint density at radius 1 is 1.25 bits per heavy atom. The maximum absolute atomic E-state index is 13.9. The van der Waals surface area contributed by atoms with Crippen LogP contribution in [0.2, 0.25) is 0 Å². The predicted octanol–water partition coefficient (Wildman–Crippen LogP) is 1.34. The number of aliphatic carboxylic acids is 1. The van der Waals surface area contributed by atoms with Gasteiger partial charge in [0.05, 0.1) is 32.0 Å². The highest BCUT2D eigenvalue weighted by Gasteiger charge is 2.38. The summed E-state index contributed by atoms with van der Waals surface area (Å²) in [6.07, 6.45) is 3.86. The van der Waals surface area contributed by atoms with Gasteiger partial charge in [0.25, 0.3) is 6.43 Å². The van der Waals surface area contributed by atoms with E-state index in [4.69, 9.17) is 4.74 Å². The molecule has 0 unspecified atom stereocenters. The average molecular weight is 449 g/mol. The van der Waals surface area contributed by atoms with Gasteiger partial charge in [0.15, 0.2) is 11.5 Å². The van der Waals surface area contributed by atoms with E-state index in [1.54, 1.807) is 23.2 Å². The molecule has 2 N–H and O–H groups in total. The Labute approximate surface area is 183 Å². The monoisotopic (exact) mass is 449 g/mol. The molecule has 1 aromatic rings. The lowest BCUT2D eigenvalue weighted by atomic mass is 10.1. The lowest BCUT2D eigenvalue weighted by molar-refractivity contribution is -0.132. The van der Waals surface area contributed by atoms with Crippen molar-refractivity contribution >= 4 is 17.5 Å². The molecule has 0 spiro atoms. The molecule has 10 nitrogen and oxygen atoms in total. The molecule has 172 valence electrons. The zero-order chi connectivity index (χ0) is 22.2. The highest BCUT2D eigenvalue weighted by atomic mass is 19.3. The molecule has 32 heavy (non-hydrogen) atoms. The Bertz CT molecular complexity index is 978. The van der Waals surface area contributed by atoms with E-state index >= 15 is 0 Å². The number of piperidine rings is 1. The normalized spacial score (nSPS) is 22.1. The van der Waals surface area contributed by atoms with Crippen molar-refractivity contribution in [3.05, 3.63) is 35.6 Å². The van der Waals surface area contributed by atoms with Crippen molar-refractivity contribution in [2.45, 2.75) is 25.3 Å². The molecule has 0 aromatic carbocycles. The van der Waals surface area contributed by atoms with Crippen LogP contribution in [0.3, 0.4) is 0 Å². The summed E-state index contributed by atoms with van der Waals surface area (Å²) < 4.78 is 34.8. The second-order valence-corrected chi connectivity index (χ2v) is 8.06. The standard InChI is InChI=1S/C20H25F2N7O3/c21-18(22)17-15(12-27(25-17)13-1-4-23-5-2-13)29-11-14(20(30)31)19-24-16(3-6-28(19)29)26-7-9-32-10-8-26/h3,6,12-13,18,23H,1-2,4-5,7-11H2,(H,30,31). The fourth-order valence-electron chi connectivity index (χ4n) is 4.44. The summed E-state index contributed by atoms with van der Waals surface area (Å²) in [6, 6.07) is 0.0271. The molecular formula is C20H25F2N7O3. The smallest absolute Gasteiger partial charge is 0.337 e. The Hall–Kier alpha value is -2.99. The molecule has 0 aliphatic carbocycles. The predicted molar refractivity (Wildman–Crippen MR) is 111 cm³/mol. The topological polar surface area (TPSA) is 98.5 Å². The summed E-state index contributed by atoms with van der Waals surface area (Å²) in [5.41, 5.74) is -0.109. The molecule has 5 rings (SSSR count). The first-order valence-electron chi connectivity index (χ1n) is 10.7. The van der Waals surface area contributed by atoms with Crippen LogP contribution in [0.15, 0.2) is 34.9 Å². The van der Waals surface area contributed by atoms with Crippen LogP contribution in [0, 0.1) is 0 Å². The van der Waals surface area contributed by atoms with E-state index in [1.807, 2.05) is 4.90 Å². The maximum atomic E-state index is 13.9. The van der Waals surface area contributed by atoms with Crippen LogP contribution < -0.4 is 10.3 Å². The van der Waals surface area contributed by atoms with Gasteiger partial charge in [-0.1, -0.05) is 0 Å². The first kappa shape index (κ1) is 20.9. The first-order valence-corrected chi connectivity index (χ1v) is 10.7. The maximum Gasteiger partial charge on any atom is 0.337 e. The Morgan fingerprint density at radius 3 is 2.69 bits per heavy atom. The fraction of sp³-hybridized carbons (Fsp3) is 0.550. The fourth-order valence-corrected chi connectivity index (χ4v) is 4.44. The van der Waals surface area contributed by atoms with Gasteiger partial charge >= 0.3 is 5.97 Å². The summed E-state index contributed by atoms with van der Waals surface area (Å²) >= 11 is 0. The number of carboxylic acids is 1. The molecule has 1 aromatic heterocycles. The van der Waals surface area contributed by atoms with E-state index in [1.165, 1.54) is 10.0 Å². The van der Waals surface area contributed by atoms with Gasteiger partial charge in [-0.15, -0.1) is 0 Å². The van der Waals surface area contributed by atoms with Crippen LogP contribution in [0.5, 0.6) is 0 Å². The molecule has 4 aliphatic rings. The lowest BCUT2D eigenvalue weighted by Crippen LogP contribution is -2.42. The number of halogens is 2. The molecule has 0 radical (unpaired) electrons.